The summed E-state index contributed by atoms with van der Waals surface area (Å²) in [5, 5.41) is 0. The van der Waals surface area contributed by atoms with Gasteiger partial charge in [-0.15, -0.1) is 0 Å². The van der Waals surface area contributed by atoms with E-state index in [0.29, 0.717) is 12.0 Å². The van der Waals surface area contributed by atoms with E-state index in [1.807, 2.05) is 13.8 Å². The van der Waals surface area contributed by atoms with Gasteiger partial charge in [-0.25, -0.2) is 8.78 Å². The Morgan fingerprint density at radius 3 is 2.38 bits per heavy atom. The molecule has 0 saturated carbocycles. The van der Waals surface area contributed by atoms with Gasteiger partial charge in [0, 0.05) is 12.0 Å². The Morgan fingerprint density at radius 1 is 1.31 bits per heavy atom. The molecule has 0 aliphatic rings. The number of halogens is 2. The summed E-state index contributed by atoms with van der Waals surface area (Å²) in [5.74, 6) is -1.18. The summed E-state index contributed by atoms with van der Waals surface area (Å²) in [5.41, 5.74) is 0.398. The molecule has 0 aromatic heterocycles. The number of carbonyl (C=O) groups excluding carboxylic acids is 1. The highest BCUT2D eigenvalue weighted by atomic mass is 19.1. The van der Waals surface area contributed by atoms with Crippen molar-refractivity contribution in [3.63, 3.8) is 0 Å². The minimum absolute atomic E-state index is 0.0405. The Morgan fingerprint density at radius 2 is 1.94 bits per heavy atom. The van der Waals surface area contributed by atoms with Crippen LogP contribution in [0.4, 0.5) is 8.78 Å². The van der Waals surface area contributed by atoms with Crippen LogP contribution in [0, 0.1) is 23.5 Å². The average Bonchev–Trinajstić information content (AvgIpc) is 2.15. The molecule has 16 heavy (non-hydrogen) atoms. The summed E-state index contributed by atoms with van der Waals surface area (Å²) in [6.07, 6.45) is 0.332. The molecule has 0 spiro atoms. The van der Waals surface area contributed by atoms with Crippen molar-refractivity contribution in [3.8, 4) is 0 Å². The first-order valence-electron chi connectivity index (χ1n) is 5.36. The smallest absolute Gasteiger partial charge is 0.133 e. The molecule has 1 aromatic rings. The van der Waals surface area contributed by atoms with E-state index in [-0.39, 0.29) is 17.6 Å². The molecular formula is C13H16F2O. The third kappa shape index (κ3) is 3.12. The van der Waals surface area contributed by atoms with Crippen molar-refractivity contribution in [2.24, 2.45) is 11.8 Å². The fourth-order valence-electron chi connectivity index (χ4n) is 1.77. The normalized spacial score (nSPS) is 12.9. The molecule has 1 aromatic carbocycles. The topological polar surface area (TPSA) is 17.1 Å². The fraction of sp³-hybridized carbons (Fsp3) is 0.462. The maximum Gasteiger partial charge on any atom is 0.133 e. The van der Waals surface area contributed by atoms with Crippen LogP contribution in [0.2, 0.25) is 0 Å². The highest BCUT2D eigenvalue weighted by Crippen LogP contribution is 2.20. The second kappa shape index (κ2) is 5.19. The van der Waals surface area contributed by atoms with Crippen LogP contribution in [0.3, 0.4) is 0 Å². The van der Waals surface area contributed by atoms with Crippen LogP contribution >= 0.6 is 0 Å². The molecule has 0 fully saturated rings. The quantitative estimate of drug-likeness (QED) is 0.769. The van der Waals surface area contributed by atoms with Gasteiger partial charge in [-0.3, -0.25) is 4.79 Å². The van der Waals surface area contributed by atoms with Gasteiger partial charge in [0.2, 0.25) is 0 Å². The minimum atomic E-state index is -0.592. The first kappa shape index (κ1) is 12.8. The summed E-state index contributed by atoms with van der Waals surface area (Å²) < 4.78 is 26.1. The maximum atomic E-state index is 13.4. The highest BCUT2D eigenvalue weighted by molar-refractivity contribution is 5.78. The third-order valence-corrected chi connectivity index (χ3v) is 2.78. The zero-order chi connectivity index (χ0) is 12.3. The maximum absolute atomic E-state index is 13.4. The molecular weight excluding hydrogens is 210 g/mol. The van der Waals surface area contributed by atoms with Crippen LogP contribution in [0.15, 0.2) is 18.2 Å². The van der Waals surface area contributed by atoms with Crippen molar-refractivity contribution in [3.05, 3.63) is 35.4 Å². The lowest BCUT2D eigenvalue weighted by Crippen LogP contribution is -2.20. The van der Waals surface area contributed by atoms with Gasteiger partial charge < -0.3 is 0 Å². The first-order valence-corrected chi connectivity index (χ1v) is 5.36. The average molecular weight is 226 g/mol. The SMILES string of the molecule is CC(=O)C(Cc1ccc(F)cc1F)C(C)C. The number of Topliss-reactive ketones (excluding diaryl/α,β-unsaturated/α-hetero) is 1. The van der Waals surface area contributed by atoms with Crippen LogP contribution < -0.4 is 0 Å². The van der Waals surface area contributed by atoms with E-state index in [1.165, 1.54) is 19.1 Å². The van der Waals surface area contributed by atoms with E-state index in [9.17, 15) is 13.6 Å². The van der Waals surface area contributed by atoms with E-state index < -0.39 is 11.6 Å². The van der Waals surface area contributed by atoms with Crippen molar-refractivity contribution in [1.29, 1.82) is 0 Å². The number of rotatable bonds is 4. The summed E-state index contributed by atoms with van der Waals surface area (Å²) in [6.45, 7) is 5.35. The summed E-state index contributed by atoms with van der Waals surface area (Å²) in [7, 11) is 0. The number of hydrogen-bond acceptors (Lipinski definition) is 1. The van der Waals surface area contributed by atoms with E-state index >= 15 is 0 Å². The predicted molar refractivity (Wildman–Crippen MR) is 59.1 cm³/mol. The van der Waals surface area contributed by atoms with Gasteiger partial charge in [-0.1, -0.05) is 19.9 Å². The zero-order valence-electron chi connectivity index (χ0n) is 9.76. The van der Waals surface area contributed by atoms with Crippen LogP contribution in [0.5, 0.6) is 0 Å². The van der Waals surface area contributed by atoms with Gasteiger partial charge in [0.1, 0.15) is 17.4 Å². The van der Waals surface area contributed by atoms with Crippen molar-refractivity contribution in [1.82, 2.24) is 0 Å². The summed E-state index contributed by atoms with van der Waals surface area (Å²) in [4.78, 5) is 11.4. The number of carbonyl (C=O) groups is 1. The lowest BCUT2D eigenvalue weighted by molar-refractivity contribution is -0.121. The highest BCUT2D eigenvalue weighted by Gasteiger charge is 2.20. The first-order chi connectivity index (χ1) is 7.41. The van der Waals surface area contributed by atoms with Crippen molar-refractivity contribution in [2.75, 3.05) is 0 Å². The Balaban J connectivity index is 2.90. The fourth-order valence-corrected chi connectivity index (χ4v) is 1.77. The lowest BCUT2D eigenvalue weighted by atomic mass is 9.86. The molecule has 1 unspecified atom stereocenters. The van der Waals surface area contributed by atoms with E-state index in [1.54, 1.807) is 0 Å². The van der Waals surface area contributed by atoms with E-state index in [2.05, 4.69) is 0 Å². The van der Waals surface area contributed by atoms with Crippen molar-refractivity contribution >= 4 is 5.78 Å². The molecule has 0 heterocycles. The third-order valence-electron chi connectivity index (χ3n) is 2.78. The van der Waals surface area contributed by atoms with Crippen molar-refractivity contribution < 1.29 is 13.6 Å². The molecule has 3 heteroatoms. The molecule has 0 N–H and O–H groups in total. The van der Waals surface area contributed by atoms with Crippen LogP contribution in [0.25, 0.3) is 0 Å². The molecule has 0 saturated heterocycles. The van der Waals surface area contributed by atoms with E-state index in [0.717, 1.165) is 6.07 Å². The molecule has 1 rings (SSSR count). The number of ketones is 1. The van der Waals surface area contributed by atoms with Gasteiger partial charge in [-0.05, 0) is 30.9 Å². The van der Waals surface area contributed by atoms with Crippen molar-refractivity contribution in [2.45, 2.75) is 27.2 Å². The standard InChI is InChI=1S/C13H16F2O/c1-8(2)12(9(3)16)6-10-4-5-11(14)7-13(10)15/h4-5,7-8,12H,6H2,1-3H3. The van der Waals surface area contributed by atoms with Gasteiger partial charge in [0.15, 0.2) is 0 Å². The van der Waals surface area contributed by atoms with Gasteiger partial charge in [0.25, 0.3) is 0 Å². The largest absolute Gasteiger partial charge is 0.300 e. The molecule has 0 bridgehead atoms. The van der Waals surface area contributed by atoms with E-state index in [4.69, 9.17) is 0 Å². The lowest BCUT2D eigenvalue weighted by Gasteiger charge is -2.18. The molecule has 1 atom stereocenters. The molecule has 1 nitrogen and oxygen atoms in total. The summed E-state index contributed by atoms with van der Waals surface area (Å²) in [6, 6.07) is 3.48. The monoisotopic (exact) mass is 226 g/mol. The van der Waals surface area contributed by atoms with Gasteiger partial charge >= 0.3 is 0 Å². The molecule has 88 valence electrons. The number of benzene rings is 1. The van der Waals surface area contributed by atoms with Crippen LogP contribution in [-0.2, 0) is 11.2 Å². The zero-order valence-corrected chi connectivity index (χ0v) is 9.76. The summed E-state index contributed by atoms with van der Waals surface area (Å²) >= 11 is 0. The van der Waals surface area contributed by atoms with Gasteiger partial charge in [-0.2, -0.15) is 0 Å². The molecule has 0 radical (unpaired) electrons. The second-order valence-electron chi connectivity index (χ2n) is 4.40. The molecule has 0 amide bonds. The minimum Gasteiger partial charge on any atom is -0.300 e. The van der Waals surface area contributed by atoms with Crippen LogP contribution in [-0.4, -0.2) is 5.78 Å². The number of hydrogen-bond donors (Lipinski definition) is 0. The van der Waals surface area contributed by atoms with Gasteiger partial charge in [0.05, 0.1) is 0 Å². The molecule has 0 aliphatic carbocycles. The Kier molecular flexibility index (Phi) is 4.16. The Bertz CT molecular complexity index is 386. The second-order valence-corrected chi connectivity index (χ2v) is 4.40. The molecule has 0 aliphatic heterocycles. The Hall–Kier alpha value is -1.25. The predicted octanol–water partition coefficient (Wildman–Crippen LogP) is 3.37. The van der Waals surface area contributed by atoms with Crippen LogP contribution in [0.1, 0.15) is 26.3 Å². The Labute approximate surface area is 94.5 Å².